The van der Waals surface area contributed by atoms with Crippen LogP contribution in [0.1, 0.15) is 0 Å². The second-order valence-corrected chi connectivity index (χ2v) is 13.4. The summed E-state index contributed by atoms with van der Waals surface area (Å²) in [6, 6.07) is 42.5. The van der Waals surface area contributed by atoms with Gasteiger partial charge in [-0.2, -0.15) is 0 Å². The van der Waals surface area contributed by atoms with E-state index >= 15 is 0 Å². The summed E-state index contributed by atoms with van der Waals surface area (Å²) in [7, 11) is -1.32. The Kier molecular flexibility index (Phi) is 9.96. The smallest absolute Gasteiger partial charge is 0.101 e. The first-order chi connectivity index (χ1) is 15.1. The molecule has 0 spiro atoms. The third kappa shape index (κ3) is 6.99. The van der Waals surface area contributed by atoms with Crippen LogP contribution >= 0.6 is 39.0 Å². The number of hydrogen-bond donors (Lipinski definition) is 0. The SMILES string of the molecule is ClC(Cl)(CP(c1ccccc1)c1ccccc1)CP(c1ccccc1)c1ccccc1.[Pd+2]. The molecule has 5 heteroatoms. The fourth-order valence-corrected chi connectivity index (χ4v) is 9.82. The molecule has 0 heterocycles. The van der Waals surface area contributed by atoms with Crippen molar-refractivity contribution in [2.75, 3.05) is 12.3 Å². The number of halogens is 2. The molecule has 0 aliphatic heterocycles. The Bertz CT molecular complexity index is 896. The third-order valence-electron chi connectivity index (χ3n) is 5.05. The maximum Gasteiger partial charge on any atom is 2.00 e. The van der Waals surface area contributed by atoms with E-state index in [2.05, 4.69) is 121 Å². The van der Waals surface area contributed by atoms with Gasteiger partial charge in [-0.05, 0) is 37.1 Å². The van der Waals surface area contributed by atoms with Crippen LogP contribution in [-0.2, 0) is 20.4 Å². The van der Waals surface area contributed by atoms with Crippen LogP contribution in [0.25, 0.3) is 0 Å². The average Bonchev–Trinajstić information content (AvgIpc) is 2.83. The van der Waals surface area contributed by atoms with E-state index in [9.17, 15) is 0 Å². The third-order valence-corrected chi connectivity index (χ3v) is 11.7. The van der Waals surface area contributed by atoms with Gasteiger partial charge in [-0.25, -0.2) is 0 Å². The second kappa shape index (κ2) is 12.4. The molecule has 32 heavy (non-hydrogen) atoms. The van der Waals surface area contributed by atoms with Gasteiger partial charge in [-0.1, -0.05) is 121 Å². The summed E-state index contributed by atoms with van der Waals surface area (Å²) in [5.41, 5.74) is 0. The first-order valence-electron chi connectivity index (χ1n) is 10.3. The van der Waals surface area contributed by atoms with Gasteiger partial charge in [0.05, 0.1) is 0 Å². The molecule has 0 aliphatic carbocycles. The molecule has 0 nitrogen and oxygen atoms in total. The fraction of sp³-hybridized carbons (Fsp3) is 0.111. The van der Waals surface area contributed by atoms with Gasteiger partial charge in [0.2, 0.25) is 0 Å². The molecule has 0 atom stereocenters. The van der Waals surface area contributed by atoms with Crippen molar-refractivity contribution in [3.8, 4) is 0 Å². The minimum absolute atomic E-state index is 0. The van der Waals surface area contributed by atoms with Crippen molar-refractivity contribution in [2.24, 2.45) is 0 Å². The molecule has 0 amide bonds. The molecular formula is C27H24Cl2P2Pd+2. The predicted molar refractivity (Wildman–Crippen MR) is 142 cm³/mol. The first kappa shape index (κ1) is 25.6. The Morgan fingerprint density at radius 1 is 0.438 bits per heavy atom. The summed E-state index contributed by atoms with van der Waals surface area (Å²) < 4.78 is -0.839. The summed E-state index contributed by atoms with van der Waals surface area (Å²) in [6.45, 7) is 0. The van der Waals surface area contributed by atoms with Gasteiger partial charge in [0.1, 0.15) is 4.33 Å². The molecule has 4 aromatic rings. The monoisotopic (exact) mass is 586 g/mol. The van der Waals surface area contributed by atoms with E-state index in [0.29, 0.717) is 0 Å². The zero-order chi connectivity index (χ0) is 21.5. The number of benzene rings is 4. The Hall–Kier alpha value is -1.02. The van der Waals surface area contributed by atoms with Crippen molar-refractivity contribution in [3.05, 3.63) is 121 Å². The Morgan fingerprint density at radius 3 is 0.875 bits per heavy atom. The van der Waals surface area contributed by atoms with Crippen LogP contribution in [0.2, 0.25) is 0 Å². The standard InChI is InChI=1S/C27H24Cl2P2.Pd/c28-27(29,21-30(23-13-5-1-6-14-23)24-15-7-2-8-16-24)22-31(25-17-9-3-10-18-25)26-19-11-4-12-20-26;/h1-20H,21-22H2;/q;+2. The molecule has 0 N–H and O–H groups in total. The fourth-order valence-electron chi connectivity index (χ4n) is 3.61. The van der Waals surface area contributed by atoms with Crippen LogP contribution in [0.4, 0.5) is 0 Å². The number of rotatable bonds is 8. The van der Waals surface area contributed by atoms with Gasteiger partial charge >= 0.3 is 20.4 Å². The van der Waals surface area contributed by atoms with Gasteiger partial charge in [0.25, 0.3) is 0 Å². The van der Waals surface area contributed by atoms with Crippen LogP contribution in [0.3, 0.4) is 0 Å². The van der Waals surface area contributed by atoms with Crippen molar-refractivity contribution in [1.29, 1.82) is 0 Å². The molecule has 0 unspecified atom stereocenters. The van der Waals surface area contributed by atoms with Gasteiger partial charge in [-0.15, -0.1) is 23.2 Å². The zero-order valence-corrected chi connectivity index (χ0v) is 22.3. The molecule has 4 aromatic carbocycles. The van der Waals surface area contributed by atoms with E-state index in [1.54, 1.807) is 0 Å². The average molecular weight is 588 g/mol. The maximum absolute atomic E-state index is 7.12. The molecule has 0 fully saturated rings. The summed E-state index contributed by atoms with van der Waals surface area (Å²) in [4.78, 5) is 0. The van der Waals surface area contributed by atoms with Gasteiger partial charge < -0.3 is 0 Å². The Balaban J connectivity index is 0.00000289. The molecule has 0 aromatic heterocycles. The maximum atomic E-state index is 7.12. The van der Waals surface area contributed by atoms with Crippen molar-refractivity contribution in [2.45, 2.75) is 4.33 Å². The first-order valence-corrected chi connectivity index (χ1v) is 14.1. The van der Waals surface area contributed by atoms with E-state index in [1.165, 1.54) is 21.2 Å². The predicted octanol–water partition coefficient (Wildman–Crippen LogP) is 6.42. The minimum Gasteiger partial charge on any atom is -0.101 e. The van der Waals surface area contributed by atoms with E-state index in [-0.39, 0.29) is 20.4 Å². The van der Waals surface area contributed by atoms with Crippen LogP contribution in [0, 0.1) is 0 Å². The van der Waals surface area contributed by atoms with Gasteiger partial charge in [0.15, 0.2) is 0 Å². The normalized spacial score (nSPS) is 11.4. The van der Waals surface area contributed by atoms with E-state index in [0.717, 1.165) is 12.3 Å². The van der Waals surface area contributed by atoms with Gasteiger partial charge in [-0.3, -0.25) is 0 Å². The molecule has 4 rings (SSSR count). The van der Waals surface area contributed by atoms with E-state index in [1.807, 2.05) is 0 Å². The van der Waals surface area contributed by atoms with Crippen LogP contribution in [0.15, 0.2) is 121 Å². The molecule has 0 saturated carbocycles. The van der Waals surface area contributed by atoms with Crippen LogP contribution in [-0.4, -0.2) is 16.7 Å². The molecule has 0 radical (unpaired) electrons. The largest absolute Gasteiger partial charge is 2.00 e. The topological polar surface area (TPSA) is 0 Å². The molecule has 0 bridgehead atoms. The van der Waals surface area contributed by atoms with E-state index in [4.69, 9.17) is 23.2 Å². The van der Waals surface area contributed by atoms with Crippen LogP contribution in [0.5, 0.6) is 0 Å². The van der Waals surface area contributed by atoms with Gasteiger partial charge in [0, 0.05) is 12.3 Å². The second-order valence-electron chi connectivity index (χ2n) is 7.37. The summed E-state index contributed by atoms with van der Waals surface area (Å²) >= 11 is 14.2. The summed E-state index contributed by atoms with van der Waals surface area (Å²) in [6.07, 6.45) is 1.44. The summed E-state index contributed by atoms with van der Waals surface area (Å²) in [5.74, 6) is 0. The number of alkyl halides is 2. The van der Waals surface area contributed by atoms with Crippen LogP contribution < -0.4 is 21.2 Å². The molecular weight excluding hydrogens is 564 g/mol. The Morgan fingerprint density at radius 2 is 0.656 bits per heavy atom. The Labute approximate surface area is 217 Å². The quantitative estimate of drug-likeness (QED) is 0.127. The molecule has 164 valence electrons. The number of hydrogen-bond acceptors (Lipinski definition) is 0. The van der Waals surface area contributed by atoms with Crippen molar-refractivity contribution >= 4 is 60.3 Å². The van der Waals surface area contributed by atoms with E-state index < -0.39 is 20.2 Å². The zero-order valence-electron chi connectivity index (χ0n) is 17.4. The van der Waals surface area contributed by atoms with Crippen molar-refractivity contribution in [1.82, 2.24) is 0 Å². The van der Waals surface area contributed by atoms with Crippen molar-refractivity contribution < 1.29 is 20.4 Å². The van der Waals surface area contributed by atoms with Crippen molar-refractivity contribution in [3.63, 3.8) is 0 Å². The minimum atomic E-state index is -0.839. The molecule has 0 saturated heterocycles. The molecule has 0 aliphatic rings. The summed E-state index contributed by atoms with van der Waals surface area (Å²) in [5, 5.41) is 5.22.